The number of nitrogens with zero attached hydrogens (tertiary/aromatic N) is 3. The molecule has 0 bridgehead atoms. The van der Waals surface area contributed by atoms with Gasteiger partial charge in [-0.3, -0.25) is 4.79 Å². The molecule has 2 aliphatic rings. The fourth-order valence-electron chi connectivity index (χ4n) is 5.17. The molecule has 2 N–H and O–H groups in total. The second kappa shape index (κ2) is 11.7. The van der Waals surface area contributed by atoms with Gasteiger partial charge in [-0.1, -0.05) is 30.3 Å². The summed E-state index contributed by atoms with van der Waals surface area (Å²) in [6.45, 7) is 4.68. The fraction of sp³-hybridized carbons (Fsp3) is 0.500. The largest absolute Gasteiger partial charge is 0.369 e. The standard InChI is InChI=1S/C26H35FN4O4S/c1-20(21-5-3-2-4-6-21)26(32)30-13-11-22(12-14-30)25(28-33)19-36(34,35)31-17-15-29(16-18-31)24-9-7-23(27)8-10-24/h2-10,20,22,25,28,33H,11-19H2,1H3. The van der Waals surface area contributed by atoms with E-state index < -0.39 is 16.1 Å². The number of nitrogens with one attached hydrogen (secondary N) is 1. The van der Waals surface area contributed by atoms with E-state index in [0.717, 1.165) is 11.3 Å². The molecule has 2 atom stereocenters. The summed E-state index contributed by atoms with van der Waals surface area (Å²) in [7, 11) is -3.59. The molecular formula is C26H35FN4O4S. The number of hydrogen-bond acceptors (Lipinski definition) is 6. The molecule has 10 heteroatoms. The van der Waals surface area contributed by atoms with Crippen LogP contribution in [0.4, 0.5) is 10.1 Å². The van der Waals surface area contributed by atoms with Crippen LogP contribution in [0.2, 0.25) is 0 Å². The van der Waals surface area contributed by atoms with Gasteiger partial charge in [0.25, 0.3) is 0 Å². The molecule has 2 aromatic carbocycles. The predicted octanol–water partition coefficient (Wildman–Crippen LogP) is 2.67. The zero-order chi connectivity index (χ0) is 25.7. The van der Waals surface area contributed by atoms with Crippen molar-refractivity contribution < 1.29 is 22.8 Å². The molecule has 2 heterocycles. The minimum Gasteiger partial charge on any atom is -0.369 e. The molecule has 4 rings (SSSR count). The zero-order valence-electron chi connectivity index (χ0n) is 20.6. The number of piperazine rings is 1. The fourth-order valence-corrected chi connectivity index (χ4v) is 6.90. The second-order valence-corrected chi connectivity index (χ2v) is 11.7. The topological polar surface area (TPSA) is 93.2 Å². The van der Waals surface area contributed by atoms with E-state index in [9.17, 15) is 22.8 Å². The van der Waals surface area contributed by atoms with Gasteiger partial charge in [0, 0.05) is 45.0 Å². The minimum atomic E-state index is -3.59. The molecule has 2 unspecified atom stereocenters. The molecule has 8 nitrogen and oxygen atoms in total. The molecule has 0 aromatic heterocycles. The lowest BCUT2D eigenvalue weighted by Crippen LogP contribution is -2.53. The van der Waals surface area contributed by atoms with Gasteiger partial charge in [0.2, 0.25) is 15.9 Å². The highest BCUT2D eigenvalue weighted by Crippen LogP contribution is 2.26. The van der Waals surface area contributed by atoms with Crippen LogP contribution < -0.4 is 10.4 Å². The quantitative estimate of drug-likeness (QED) is 0.522. The Labute approximate surface area is 212 Å². The van der Waals surface area contributed by atoms with Gasteiger partial charge in [-0.05, 0) is 55.5 Å². The van der Waals surface area contributed by atoms with E-state index in [-0.39, 0.29) is 29.3 Å². The highest BCUT2D eigenvalue weighted by atomic mass is 32.2. The second-order valence-electron chi connectivity index (χ2n) is 9.67. The van der Waals surface area contributed by atoms with E-state index in [2.05, 4.69) is 5.48 Å². The first-order valence-corrected chi connectivity index (χ1v) is 14.1. The van der Waals surface area contributed by atoms with Crippen molar-refractivity contribution in [3.63, 3.8) is 0 Å². The Morgan fingerprint density at radius 2 is 1.61 bits per heavy atom. The van der Waals surface area contributed by atoms with Crippen LogP contribution in [0, 0.1) is 11.7 Å². The Morgan fingerprint density at radius 3 is 2.19 bits per heavy atom. The lowest BCUT2D eigenvalue weighted by molar-refractivity contribution is -0.134. The number of rotatable bonds is 8. The lowest BCUT2D eigenvalue weighted by atomic mass is 9.89. The number of hydrogen-bond donors (Lipinski definition) is 2. The van der Waals surface area contributed by atoms with Crippen LogP contribution in [0.5, 0.6) is 0 Å². The molecule has 2 saturated heterocycles. The van der Waals surface area contributed by atoms with Gasteiger partial charge in [-0.15, -0.1) is 0 Å². The molecule has 0 saturated carbocycles. The van der Waals surface area contributed by atoms with Crippen molar-refractivity contribution in [1.82, 2.24) is 14.7 Å². The van der Waals surface area contributed by atoms with Gasteiger partial charge >= 0.3 is 0 Å². The van der Waals surface area contributed by atoms with Gasteiger partial charge in [0.15, 0.2) is 0 Å². The van der Waals surface area contributed by atoms with Crippen LogP contribution in [0.25, 0.3) is 0 Å². The van der Waals surface area contributed by atoms with Crippen molar-refractivity contribution in [2.45, 2.75) is 31.7 Å². The molecule has 2 aliphatic heterocycles. The molecule has 2 aromatic rings. The lowest BCUT2D eigenvalue weighted by Gasteiger charge is -2.38. The van der Waals surface area contributed by atoms with Crippen LogP contribution >= 0.6 is 0 Å². The number of halogens is 1. The molecule has 36 heavy (non-hydrogen) atoms. The van der Waals surface area contributed by atoms with Crippen molar-refractivity contribution >= 4 is 21.6 Å². The molecule has 1 amide bonds. The van der Waals surface area contributed by atoms with Gasteiger partial charge in [0.1, 0.15) is 5.82 Å². The van der Waals surface area contributed by atoms with E-state index in [4.69, 9.17) is 0 Å². The first-order chi connectivity index (χ1) is 17.3. The maximum atomic E-state index is 13.2. The van der Waals surface area contributed by atoms with E-state index in [1.54, 1.807) is 12.1 Å². The van der Waals surface area contributed by atoms with E-state index >= 15 is 0 Å². The Kier molecular flexibility index (Phi) is 8.61. The van der Waals surface area contributed by atoms with Crippen molar-refractivity contribution in [1.29, 1.82) is 0 Å². The molecule has 0 spiro atoms. The highest BCUT2D eigenvalue weighted by molar-refractivity contribution is 7.89. The Morgan fingerprint density at radius 1 is 1.00 bits per heavy atom. The number of anilines is 1. The summed E-state index contributed by atoms with van der Waals surface area (Å²) < 4.78 is 41.0. The first-order valence-electron chi connectivity index (χ1n) is 12.5. The van der Waals surface area contributed by atoms with Gasteiger partial charge in [-0.25, -0.2) is 18.3 Å². The Balaban J connectivity index is 1.29. The van der Waals surface area contributed by atoms with E-state index in [1.165, 1.54) is 16.4 Å². The average molecular weight is 519 g/mol. The van der Waals surface area contributed by atoms with Crippen LogP contribution in [0.3, 0.4) is 0 Å². The average Bonchev–Trinajstić information content (AvgIpc) is 2.92. The normalized spacial score (nSPS) is 19.8. The number of carbonyl (C=O) groups is 1. The Hall–Kier alpha value is -2.53. The number of sulfonamides is 1. The summed E-state index contributed by atoms with van der Waals surface area (Å²) in [5.41, 5.74) is 4.09. The molecule has 0 radical (unpaired) electrons. The molecule has 2 fully saturated rings. The molecule has 196 valence electrons. The van der Waals surface area contributed by atoms with Crippen molar-refractivity contribution in [2.24, 2.45) is 5.92 Å². The van der Waals surface area contributed by atoms with E-state index in [0.29, 0.717) is 52.1 Å². The number of carbonyl (C=O) groups excluding carboxylic acids is 1. The first kappa shape index (κ1) is 26.5. The van der Waals surface area contributed by atoms with Gasteiger partial charge in [-0.2, -0.15) is 4.31 Å². The summed E-state index contributed by atoms with van der Waals surface area (Å²) in [4.78, 5) is 16.8. The number of benzene rings is 2. The summed E-state index contributed by atoms with van der Waals surface area (Å²) in [5, 5.41) is 9.81. The van der Waals surface area contributed by atoms with Crippen molar-refractivity contribution in [2.75, 3.05) is 49.9 Å². The minimum absolute atomic E-state index is 0.0543. The third-order valence-electron chi connectivity index (χ3n) is 7.47. The van der Waals surface area contributed by atoms with E-state index in [1.807, 2.05) is 47.1 Å². The number of piperidine rings is 1. The number of likely N-dealkylation sites (tertiary alicyclic amines) is 1. The van der Waals surface area contributed by atoms with Gasteiger partial charge < -0.3 is 15.0 Å². The SMILES string of the molecule is CC(C(=O)N1CCC(C(CS(=O)(=O)N2CCN(c3ccc(F)cc3)CC2)NO)CC1)c1ccccc1. The predicted molar refractivity (Wildman–Crippen MR) is 137 cm³/mol. The smallest absolute Gasteiger partial charge is 0.229 e. The van der Waals surface area contributed by atoms with Crippen LogP contribution in [-0.4, -0.2) is 79.8 Å². The molecule has 0 aliphatic carbocycles. The van der Waals surface area contributed by atoms with Gasteiger partial charge in [0.05, 0.1) is 17.7 Å². The Bertz CT molecular complexity index is 1100. The summed E-state index contributed by atoms with van der Waals surface area (Å²) >= 11 is 0. The van der Waals surface area contributed by atoms with Crippen molar-refractivity contribution in [3.8, 4) is 0 Å². The summed E-state index contributed by atoms with van der Waals surface area (Å²) in [5.74, 6) is -0.716. The highest BCUT2D eigenvalue weighted by Gasteiger charge is 2.35. The monoisotopic (exact) mass is 518 g/mol. The van der Waals surface area contributed by atoms with Crippen LogP contribution in [0.15, 0.2) is 54.6 Å². The maximum Gasteiger partial charge on any atom is 0.229 e. The number of amides is 1. The summed E-state index contributed by atoms with van der Waals surface area (Å²) in [6, 6.07) is 15.3. The van der Waals surface area contributed by atoms with Crippen LogP contribution in [-0.2, 0) is 14.8 Å². The van der Waals surface area contributed by atoms with Crippen molar-refractivity contribution in [3.05, 3.63) is 66.0 Å². The summed E-state index contributed by atoms with van der Waals surface area (Å²) in [6.07, 6.45) is 1.25. The third kappa shape index (κ3) is 6.23. The maximum absolute atomic E-state index is 13.2. The number of hydroxylamine groups is 1. The zero-order valence-corrected chi connectivity index (χ0v) is 21.4. The third-order valence-corrected chi connectivity index (χ3v) is 9.40. The molecular weight excluding hydrogens is 483 g/mol. The van der Waals surface area contributed by atoms with Crippen LogP contribution in [0.1, 0.15) is 31.2 Å².